The molecule has 2 heterocycles. The van der Waals surface area contributed by atoms with Crippen LogP contribution in [0.15, 0.2) is 157 Å². The Morgan fingerprint density at radius 2 is 1.46 bits per heavy atom. The molecule has 1 atom stereocenters. The highest BCUT2D eigenvalue weighted by Crippen LogP contribution is 2.45. The maximum absolute atomic E-state index is 10.2. The van der Waals surface area contributed by atoms with Gasteiger partial charge in [0.1, 0.15) is 0 Å². The molecule has 2 aliphatic rings. The van der Waals surface area contributed by atoms with E-state index in [1.54, 1.807) is 0 Å². The van der Waals surface area contributed by atoms with Crippen LogP contribution < -0.4 is 5.32 Å². The lowest BCUT2D eigenvalue weighted by Crippen LogP contribution is -2.07. The van der Waals surface area contributed by atoms with E-state index in [0.717, 1.165) is 63.9 Å². The van der Waals surface area contributed by atoms with Crippen molar-refractivity contribution >= 4 is 70.1 Å². The van der Waals surface area contributed by atoms with E-state index in [1.165, 1.54) is 53.2 Å². The third kappa shape index (κ3) is 5.66. The normalized spacial score (nSPS) is 15.7. The number of anilines is 1. The third-order valence-corrected chi connectivity index (χ3v) is 12.3. The molecule has 4 heteroatoms. The van der Waals surface area contributed by atoms with E-state index in [2.05, 4.69) is 163 Å². The van der Waals surface area contributed by atoms with Gasteiger partial charge in [-0.3, -0.25) is 0 Å². The summed E-state index contributed by atoms with van der Waals surface area (Å²) in [5, 5.41) is 19.0. The molecule has 0 spiro atoms. The van der Waals surface area contributed by atoms with Crippen LogP contribution in [0, 0.1) is 17.2 Å². The lowest BCUT2D eigenvalue weighted by atomic mass is 9.81. The Labute approximate surface area is 318 Å². The van der Waals surface area contributed by atoms with E-state index in [4.69, 9.17) is 0 Å². The number of hydrogen-bond acceptors (Lipinski definition) is 3. The quantitative estimate of drug-likeness (QED) is 0.180. The molecule has 2 aromatic heterocycles. The Morgan fingerprint density at radius 1 is 0.685 bits per heavy atom. The molecule has 10 rings (SSSR count). The summed E-state index contributed by atoms with van der Waals surface area (Å²) in [6.07, 6.45) is 14.4. The van der Waals surface area contributed by atoms with E-state index >= 15 is 0 Å². The van der Waals surface area contributed by atoms with E-state index < -0.39 is 0 Å². The zero-order valence-corrected chi connectivity index (χ0v) is 30.8. The lowest BCUT2D eigenvalue weighted by Gasteiger charge is -2.25. The van der Waals surface area contributed by atoms with Crippen LogP contribution in [0.3, 0.4) is 0 Å². The molecule has 0 bridgehead atoms. The van der Waals surface area contributed by atoms with Gasteiger partial charge >= 0.3 is 0 Å². The fourth-order valence-corrected chi connectivity index (χ4v) is 9.64. The van der Waals surface area contributed by atoms with Crippen LogP contribution in [-0.2, 0) is 0 Å². The average molecular weight is 712 g/mol. The number of para-hydroxylation sites is 1. The van der Waals surface area contributed by atoms with Crippen LogP contribution in [0.25, 0.3) is 75.4 Å². The second-order valence-corrected chi connectivity index (χ2v) is 15.6. The average Bonchev–Trinajstić information content (AvgIpc) is 3.79. The summed E-state index contributed by atoms with van der Waals surface area (Å²) in [5.74, 6) is 0.332. The predicted octanol–water partition coefficient (Wildman–Crippen LogP) is 14.0. The minimum absolute atomic E-state index is 0.332. The number of nitrogens with zero attached hydrogens (tertiary/aromatic N) is 1. The highest BCUT2D eigenvalue weighted by Gasteiger charge is 2.23. The Bertz CT molecular complexity index is 2980. The standard InChI is InChI=1S/C50H37N3S/c1-31-24-35(18-21-39(31)42-14-9-15-43-41-13-6-8-17-49(41)54-50(42)43)44-28-33(19-22-47(44)52-38-10-3-2-4-11-38)36-25-32(30-51)26-37(27-36)34-20-23-48-45(29-34)40-12-5-7-16-46(40)53-48/h3,5-23,25-29,31,52-53H,2,4,24H2,1H3. The minimum Gasteiger partial charge on any atom is -0.355 e. The van der Waals surface area contributed by atoms with Crippen molar-refractivity contribution in [1.29, 1.82) is 5.26 Å². The first-order chi connectivity index (χ1) is 26.6. The first kappa shape index (κ1) is 32.3. The largest absolute Gasteiger partial charge is 0.355 e. The molecule has 54 heavy (non-hydrogen) atoms. The van der Waals surface area contributed by atoms with Crippen molar-refractivity contribution in [2.75, 3.05) is 5.32 Å². The van der Waals surface area contributed by atoms with Crippen molar-refractivity contribution in [3.8, 4) is 28.3 Å². The number of hydrogen-bond donors (Lipinski definition) is 2. The van der Waals surface area contributed by atoms with E-state index in [9.17, 15) is 5.26 Å². The summed E-state index contributed by atoms with van der Waals surface area (Å²) in [6.45, 7) is 2.36. The Morgan fingerprint density at radius 3 is 2.30 bits per heavy atom. The number of fused-ring (bicyclic) bond motifs is 6. The molecule has 1 unspecified atom stereocenters. The van der Waals surface area contributed by atoms with Crippen molar-refractivity contribution in [3.05, 3.63) is 174 Å². The molecular weight excluding hydrogens is 675 g/mol. The van der Waals surface area contributed by atoms with Crippen molar-refractivity contribution in [3.63, 3.8) is 0 Å². The molecule has 8 aromatic rings. The molecule has 0 amide bonds. The zero-order chi connectivity index (χ0) is 36.2. The Kier molecular flexibility index (Phi) is 7.90. The third-order valence-electron chi connectivity index (χ3n) is 11.1. The van der Waals surface area contributed by atoms with Crippen LogP contribution >= 0.6 is 11.3 Å². The number of aromatic amines is 1. The molecule has 0 saturated heterocycles. The predicted molar refractivity (Wildman–Crippen MR) is 231 cm³/mol. The monoisotopic (exact) mass is 711 g/mol. The van der Waals surface area contributed by atoms with Crippen LogP contribution in [0.2, 0.25) is 0 Å². The summed E-state index contributed by atoms with van der Waals surface area (Å²) < 4.78 is 2.70. The molecular formula is C50H37N3S. The van der Waals surface area contributed by atoms with Gasteiger partial charge in [-0.25, -0.2) is 0 Å². The summed E-state index contributed by atoms with van der Waals surface area (Å²) in [4.78, 5) is 3.54. The van der Waals surface area contributed by atoms with Crippen molar-refractivity contribution in [1.82, 2.24) is 4.98 Å². The second-order valence-electron chi connectivity index (χ2n) is 14.6. The number of allylic oxidation sites excluding steroid dienone is 7. The summed E-state index contributed by atoms with van der Waals surface area (Å²) in [7, 11) is 0. The van der Waals surface area contributed by atoms with Gasteiger partial charge in [0, 0.05) is 58.9 Å². The highest BCUT2D eigenvalue weighted by molar-refractivity contribution is 7.26. The topological polar surface area (TPSA) is 51.6 Å². The van der Waals surface area contributed by atoms with Gasteiger partial charge in [-0.05, 0) is 125 Å². The second kappa shape index (κ2) is 13.2. The van der Waals surface area contributed by atoms with Gasteiger partial charge in [0.25, 0.3) is 0 Å². The van der Waals surface area contributed by atoms with Crippen LogP contribution in [0.4, 0.5) is 5.69 Å². The summed E-state index contributed by atoms with van der Waals surface area (Å²) >= 11 is 1.90. The maximum Gasteiger partial charge on any atom is 0.0992 e. The van der Waals surface area contributed by atoms with Gasteiger partial charge in [0.05, 0.1) is 11.6 Å². The van der Waals surface area contributed by atoms with Crippen molar-refractivity contribution < 1.29 is 0 Å². The zero-order valence-electron chi connectivity index (χ0n) is 30.0. The van der Waals surface area contributed by atoms with Gasteiger partial charge in [-0.2, -0.15) is 5.26 Å². The number of aromatic nitrogens is 1. The SMILES string of the molecule is CC1CC(c2cc(-c3cc(C#N)cc(-c4ccc5[nH]c6ccccc6c5c4)c3)ccc2NC2=CCCC=C2)=CC=C1c1cccc2c1sc1ccccc12. The molecule has 2 aliphatic carbocycles. The van der Waals surface area contributed by atoms with Gasteiger partial charge in [0.2, 0.25) is 0 Å². The Balaban J connectivity index is 1.08. The van der Waals surface area contributed by atoms with Crippen LogP contribution in [0.5, 0.6) is 0 Å². The number of nitrogens with one attached hydrogen (secondary N) is 2. The Hall–Kier alpha value is -6.41. The lowest BCUT2D eigenvalue weighted by molar-refractivity contribution is 0.772. The minimum atomic E-state index is 0.332. The van der Waals surface area contributed by atoms with Crippen molar-refractivity contribution in [2.24, 2.45) is 5.92 Å². The van der Waals surface area contributed by atoms with Crippen molar-refractivity contribution in [2.45, 2.75) is 26.2 Å². The number of rotatable bonds is 6. The number of benzene rings is 6. The molecule has 0 saturated carbocycles. The fraction of sp³-hybridized carbons (Fsp3) is 0.100. The fourth-order valence-electron chi connectivity index (χ4n) is 8.41. The number of nitriles is 1. The summed E-state index contributed by atoms with van der Waals surface area (Å²) in [5.41, 5.74) is 14.6. The molecule has 2 N–H and O–H groups in total. The molecule has 0 radical (unpaired) electrons. The van der Waals surface area contributed by atoms with E-state index in [-0.39, 0.29) is 0 Å². The van der Waals surface area contributed by atoms with Gasteiger partial charge in [0.15, 0.2) is 0 Å². The smallest absolute Gasteiger partial charge is 0.0992 e. The van der Waals surface area contributed by atoms with E-state index in [1.807, 2.05) is 23.5 Å². The molecule has 6 aromatic carbocycles. The summed E-state index contributed by atoms with van der Waals surface area (Å²) in [6, 6.07) is 45.9. The highest BCUT2D eigenvalue weighted by atomic mass is 32.1. The van der Waals surface area contributed by atoms with E-state index in [0.29, 0.717) is 11.5 Å². The van der Waals surface area contributed by atoms with Gasteiger partial charge in [-0.1, -0.05) is 98.0 Å². The molecule has 0 fully saturated rings. The first-order valence-electron chi connectivity index (χ1n) is 18.8. The van der Waals surface area contributed by atoms with Crippen LogP contribution in [0.1, 0.15) is 42.9 Å². The maximum atomic E-state index is 10.2. The first-order valence-corrected chi connectivity index (χ1v) is 19.6. The number of thiophene rings is 1. The van der Waals surface area contributed by atoms with Crippen LogP contribution in [-0.4, -0.2) is 4.98 Å². The molecule has 0 aliphatic heterocycles. The van der Waals surface area contributed by atoms with Gasteiger partial charge < -0.3 is 10.3 Å². The molecule has 3 nitrogen and oxygen atoms in total. The number of H-pyrrole nitrogens is 1. The van der Waals surface area contributed by atoms with Gasteiger partial charge in [-0.15, -0.1) is 11.3 Å². The molecule has 258 valence electrons.